The highest BCUT2D eigenvalue weighted by Gasteiger charge is 2.23. The molecule has 1 aromatic rings. The van der Waals surface area contributed by atoms with E-state index in [0.29, 0.717) is 0 Å². The summed E-state index contributed by atoms with van der Waals surface area (Å²) in [7, 11) is 0. The fourth-order valence-corrected chi connectivity index (χ4v) is 2.70. The predicted molar refractivity (Wildman–Crippen MR) is 70.3 cm³/mol. The van der Waals surface area contributed by atoms with Crippen LogP contribution in [-0.4, -0.2) is 33.0 Å². The molecule has 0 saturated heterocycles. The summed E-state index contributed by atoms with van der Waals surface area (Å²) in [6.07, 6.45) is 7.43. The Balaban J connectivity index is 1.99. The van der Waals surface area contributed by atoms with Gasteiger partial charge in [0.15, 0.2) is 0 Å². The number of rotatable bonds is 4. The third kappa shape index (κ3) is 3.57. The van der Waals surface area contributed by atoms with E-state index in [-0.39, 0.29) is 12.1 Å². The highest BCUT2D eigenvalue weighted by molar-refractivity contribution is 7.99. The quantitative estimate of drug-likeness (QED) is 0.806. The molecule has 0 spiro atoms. The average molecular weight is 253 g/mol. The van der Waals surface area contributed by atoms with Crippen molar-refractivity contribution in [3.63, 3.8) is 0 Å². The molecule has 0 bridgehead atoms. The number of aromatic nitrogens is 2. The zero-order chi connectivity index (χ0) is 12.1. The van der Waals surface area contributed by atoms with Crippen LogP contribution in [0.15, 0.2) is 17.4 Å². The van der Waals surface area contributed by atoms with Gasteiger partial charge in [0, 0.05) is 0 Å². The number of nitrogens with zero attached hydrogens (tertiary/aromatic N) is 2. The van der Waals surface area contributed by atoms with Crippen molar-refractivity contribution in [2.75, 3.05) is 11.1 Å². The van der Waals surface area contributed by atoms with Crippen LogP contribution in [0.4, 0.5) is 5.82 Å². The number of aliphatic hydroxyl groups is 1. The van der Waals surface area contributed by atoms with E-state index in [1.807, 2.05) is 0 Å². The molecule has 0 amide bonds. The van der Waals surface area contributed by atoms with Crippen molar-refractivity contribution in [1.82, 2.24) is 9.97 Å². The first kappa shape index (κ1) is 12.6. The lowest BCUT2D eigenvalue weighted by atomic mass is 9.93. The molecule has 1 saturated carbocycles. The summed E-state index contributed by atoms with van der Waals surface area (Å²) in [5, 5.41) is 14.1. The molecular weight excluding hydrogens is 234 g/mol. The second-order valence-electron chi connectivity index (χ2n) is 4.28. The van der Waals surface area contributed by atoms with Crippen molar-refractivity contribution < 1.29 is 5.11 Å². The first-order valence-corrected chi connectivity index (χ1v) is 7.17. The third-order valence-electron chi connectivity index (χ3n) is 2.97. The number of hydrogen-bond donors (Lipinski definition) is 2. The maximum atomic E-state index is 9.89. The van der Waals surface area contributed by atoms with Crippen molar-refractivity contribution in [2.45, 2.75) is 49.8 Å². The Bertz CT molecular complexity index is 361. The molecule has 0 aliphatic heterocycles. The second kappa shape index (κ2) is 6.21. The molecule has 4 nitrogen and oxygen atoms in total. The average Bonchev–Trinajstić information content (AvgIpc) is 2.33. The lowest BCUT2D eigenvalue weighted by Crippen LogP contribution is -2.36. The van der Waals surface area contributed by atoms with Crippen LogP contribution in [0.3, 0.4) is 0 Å². The predicted octanol–water partition coefficient (Wildman–Crippen LogP) is 2.30. The highest BCUT2D eigenvalue weighted by atomic mass is 32.2. The van der Waals surface area contributed by atoms with Gasteiger partial charge < -0.3 is 10.4 Å². The summed E-state index contributed by atoms with van der Waals surface area (Å²) in [6.45, 7) is 2.09. The minimum Gasteiger partial charge on any atom is -0.391 e. The van der Waals surface area contributed by atoms with Crippen molar-refractivity contribution >= 4 is 17.6 Å². The Hall–Kier alpha value is -0.810. The van der Waals surface area contributed by atoms with E-state index in [1.165, 1.54) is 6.42 Å². The van der Waals surface area contributed by atoms with Crippen molar-refractivity contribution in [2.24, 2.45) is 0 Å². The highest BCUT2D eigenvalue weighted by Crippen LogP contribution is 2.22. The third-order valence-corrected chi connectivity index (χ3v) is 3.75. The number of aliphatic hydroxyl groups excluding tert-OH is 1. The zero-order valence-electron chi connectivity index (χ0n) is 10.1. The van der Waals surface area contributed by atoms with E-state index in [0.717, 1.165) is 35.9 Å². The molecule has 1 fully saturated rings. The van der Waals surface area contributed by atoms with Crippen LogP contribution in [-0.2, 0) is 0 Å². The van der Waals surface area contributed by atoms with Gasteiger partial charge in [-0.05, 0) is 18.6 Å². The summed E-state index contributed by atoms with van der Waals surface area (Å²) < 4.78 is 0. The van der Waals surface area contributed by atoms with Gasteiger partial charge in [0.1, 0.15) is 10.8 Å². The number of nitrogens with one attached hydrogen (secondary N) is 1. The monoisotopic (exact) mass is 253 g/mol. The van der Waals surface area contributed by atoms with Gasteiger partial charge in [-0.15, -0.1) is 11.8 Å². The number of thioether (sulfide) groups is 1. The molecule has 1 aromatic heterocycles. The minimum absolute atomic E-state index is 0.125. The summed E-state index contributed by atoms with van der Waals surface area (Å²) in [5.41, 5.74) is 0. The van der Waals surface area contributed by atoms with Gasteiger partial charge in [-0.1, -0.05) is 19.8 Å². The molecule has 94 valence electrons. The molecule has 2 unspecified atom stereocenters. The van der Waals surface area contributed by atoms with Gasteiger partial charge in [-0.25, -0.2) is 4.98 Å². The summed E-state index contributed by atoms with van der Waals surface area (Å²) >= 11 is 1.68. The first-order valence-electron chi connectivity index (χ1n) is 6.19. The van der Waals surface area contributed by atoms with Crippen LogP contribution >= 0.6 is 11.8 Å². The molecule has 1 aliphatic rings. The molecule has 2 N–H and O–H groups in total. The molecule has 1 aliphatic carbocycles. The van der Waals surface area contributed by atoms with Gasteiger partial charge in [-0.2, -0.15) is 0 Å². The Morgan fingerprint density at radius 1 is 1.41 bits per heavy atom. The number of anilines is 1. The Morgan fingerprint density at radius 3 is 3.00 bits per heavy atom. The molecular formula is C12H19N3OS. The lowest BCUT2D eigenvalue weighted by Gasteiger charge is -2.28. The second-order valence-corrected chi connectivity index (χ2v) is 5.56. The van der Waals surface area contributed by atoms with Crippen molar-refractivity contribution in [3.05, 3.63) is 12.4 Å². The molecule has 0 radical (unpaired) electrons. The van der Waals surface area contributed by atoms with Crippen LogP contribution in [0.1, 0.15) is 32.6 Å². The van der Waals surface area contributed by atoms with Crippen LogP contribution < -0.4 is 5.32 Å². The minimum atomic E-state index is -0.256. The lowest BCUT2D eigenvalue weighted by molar-refractivity contribution is 0.116. The SMILES string of the molecule is CCSc1cncc(NC2CCCCC2O)n1. The van der Waals surface area contributed by atoms with Gasteiger partial charge >= 0.3 is 0 Å². The van der Waals surface area contributed by atoms with E-state index in [9.17, 15) is 5.11 Å². The maximum absolute atomic E-state index is 9.89. The standard InChI is InChI=1S/C12H19N3OS/c1-2-17-12-8-13-7-11(15-12)14-9-5-3-4-6-10(9)16/h7-10,16H,2-6H2,1H3,(H,14,15). The molecule has 2 rings (SSSR count). The Morgan fingerprint density at radius 2 is 2.24 bits per heavy atom. The fraction of sp³-hybridized carbons (Fsp3) is 0.667. The first-order chi connectivity index (χ1) is 8.29. The maximum Gasteiger partial charge on any atom is 0.146 e. The summed E-state index contributed by atoms with van der Waals surface area (Å²) in [6, 6.07) is 0.125. The van der Waals surface area contributed by atoms with E-state index < -0.39 is 0 Å². The fourth-order valence-electron chi connectivity index (χ4n) is 2.10. The van der Waals surface area contributed by atoms with Crippen LogP contribution in [0.5, 0.6) is 0 Å². The topological polar surface area (TPSA) is 58.0 Å². The zero-order valence-corrected chi connectivity index (χ0v) is 10.9. The Kier molecular flexibility index (Phi) is 4.62. The Labute approximate surface area is 106 Å². The molecule has 1 heterocycles. The van der Waals surface area contributed by atoms with Crippen LogP contribution in [0.2, 0.25) is 0 Å². The normalized spacial score (nSPS) is 24.6. The van der Waals surface area contributed by atoms with Gasteiger partial charge in [0.25, 0.3) is 0 Å². The van der Waals surface area contributed by atoms with Crippen LogP contribution in [0, 0.1) is 0 Å². The summed E-state index contributed by atoms with van der Waals surface area (Å²) in [4.78, 5) is 8.64. The van der Waals surface area contributed by atoms with Crippen molar-refractivity contribution in [1.29, 1.82) is 0 Å². The molecule has 17 heavy (non-hydrogen) atoms. The molecule has 5 heteroatoms. The van der Waals surface area contributed by atoms with Gasteiger partial charge in [-0.3, -0.25) is 4.98 Å². The number of hydrogen-bond acceptors (Lipinski definition) is 5. The largest absolute Gasteiger partial charge is 0.391 e. The van der Waals surface area contributed by atoms with E-state index >= 15 is 0 Å². The van der Waals surface area contributed by atoms with Crippen molar-refractivity contribution in [3.8, 4) is 0 Å². The molecule has 0 aromatic carbocycles. The molecule has 2 atom stereocenters. The van der Waals surface area contributed by atoms with Gasteiger partial charge in [0.2, 0.25) is 0 Å². The summed E-state index contributed by atoms with van der Waals surface area (Å²) in [5.74, 6) is 1.76. The smallest absolute Gasteiger partial charge is 0.146 e. The van der Waals surface area contributed by atoms with Crippen LogP contribution in [0.25, 0.3) is 0 Å². The van der Waals surface area contributed by atoms with Gasteiger partial charge in [0.05, 0.1) is 24.5 Å². The van der Waals surface area contributed by atoms with E-state index in [2.05, 4.69) is 22.2 Å². The van der Waals surface area contributed by atoms with E-state index in [1.54, 1.807) is 24.2 Å². The van der Waals surface area contributed by atoms with E-state index in [4.69, 9.17) is 0 Å².